The van der Waals surface area contributed by atoms with Crippen LogP contribution < -0.4 is 0 Å². The van der Waals surface area contributed by atoms with Gasteiger partial charge in [0.15, 0.2) is 0 Å². The minimum absolute atomic E-state index is 0.203. The summed E-state index contributed by atoms with van der Waals surface area (Å²) in [6, 6.07) is 37.3. The SMILES string of the molecule is CC(C)(C)c1ccc2c(c1)[cH-]c1cc(C(C)(C)C)ccc12.CCCC1=[C-]C(CCC)C=C1CCC.[Zr+2]=[C](c1ccccc1)c1ccccc1. The molecule has 1 aliphatic carbocycles. The molecule has 0 radical (unpaired) electrons. The molecule has 0 saturated carbocycles. The Kier molecular flexibility index (Phi) is 14.1. The minimum atomic E-state index is 0.203. The van der Waals surface area contributed by atoms with Crippen molar-refractivity contribution in [3.8, 4) is 0 Å². The van der Waals surface area contributed by atoms with Crippen LogP contribution >= 0.6 is 0 Å². The third kappa shape index (κ3) is 10.7. The van der Waals surface area contributed by atoms with Gasteiger partial charge in [0.1, 0.15) is 0 Å². The second-order valence-corrected chi connectivity index (χ2v) is 16.8. The Morgan fingerprint density at radius 3 is 1.51 bits per heavy atom. The molecule has 0 saturated heterocycles. The predicted molar refractivity (Wildman–Crippen MR) is 214 cm³/mol. The van der Waals surface area contributed by atoms with Gasteiger partial charge in [0.05, 0.1) is 0 Å². The van der Waals surface area contributed by atoms with Crippen molar-refractivity contribution in [2.75, 3.05) is 0 Å². The molecule has 49 heavy (non-hydrogen) atoms. The van der Waals surface area contributed by atoms with Crippen molar-refractivity contribution in [2.45, 2.75) is 112 Å². The first-order chi connectivity index (χ1) is 23.3. The molecule has 0 nitrogen and oxygen atoms in total. The summed E-state index contributed by atoms with van der Waals surface area (Å²) < 4.78 is 1.42. The Labute approximate surface area is 313 Å². The second-order valence-electron chi connectivity index (χ2n) is 15.6. The standard InChI is InChI=1S/C21H25.C14H23.C13H10.Zr/c1-20(2,3)16-7-9-18-14(12-16)11-15-13-17(21(4,5)6)8-10-19(15)18;1-4-7-12-10-13(8-5-2)14(11-12)9-6-3;1-3-7-12(8-4-1)11-13-9-5-2-6-10-13;/h7-13H,1-6H3;10,12H,4-9H2,1-3H3;1-10H;/q2*-1;;+2. The van der Waals surface area contributed by atoms with Crippen LogP contribution in [0.2, 0.25) is 0 Å². The van der Waals surface area contributed by atoms with Crippen LogP contribution in [0.4, 0.5) is 0 Å². The fraction of sp³-hybridized carbons (Fsp3) is 0.375. The van der Waals surface area contributed by atoms with E-state index in [9.17, 15) is 0 Å². The van der Waals surface area contributed by atoms with Crippen molar-refractivity contribution in [3.63, 3.8) is 0 Å². The van der Waals surface area contributed by atoms with E-state index in [1.54, 1.807) is 5.57 Å². The van der Waals surface area contributed by atoms with E-state index >= 15 is 0 Å². The molecule has 0 aliphatic heterocycles. The van der Waals surface area contributed by atoms with Gasteiger partial charge in [-0.1, -0.05) is 142 Å². The van der Waals surface area contributed by atoms with E-state index < -0.39 is 0 Å². The molecule has 1 atom stereocenters. The Morgan fingerprint density at radius 2 is 1.10 bits per heavy atom. The summed E-state index contributed by atoms with van der Waals surface area (Å²) in [6.45, 7) is 20.4. The average Bonchev–Trinajstić information content (AvgIpc) is 3.65. The number of fused-ring (bicyclic) bond motifs is 3. The fourth-order valence-corrected chi connectivity index (χ4v) is 7.31. The summed E-state index contributed by atoms with van der Waals surface area (Å²) >= 11 is 1.46. The molecule has 0 N–H and O–H groups in total. The van der Waals surface area contributed by atoms with Crippen LogP contribution in [0.3, 0.4) is 0 Å². The van der Waals surface area contributed by atoms with E-state index in [0.29, 0.717) is 5.92 Å². The van der Waals surface area contributed by atoms with Gasteiger partial charge in [-0.3, -0.25) is 6.08 Å². The molecule has 254 valence electrons. The van der Waals surface area contributed by atoms with E-state index in [2.05, 4.69) is 178 Å². The van der Waals surface area contributed by atoms with E-state index in [1.807, 2.05) is 0 Å². The quantitative estimate of drug-likeness (QED) is 0.140. The van der Waals surface area contributed by atoms with E-state index in [0.717, 1.165) is 0 Å². The van der Waals surface area contributed by atoms with Crippen LogP contribution in [0.5, 0.6) is 0 Å². The van der Waals surface area contributed by atoms with Crippen molar-refractivity contribution >= 4 is 24.8 Å². The van der Waals surface area contributed by atoms with Crippen LogP contribution in [-0.4, -0.2) is 3.21 Å². The zero-order valence-electron chi connectivity index (χ0n) is 31.7. The number of benzene rings is 4. The molecule has 5 aromatic carbocycles. The maximum atomic E-state index is 3.65. The summed E-state index contributed by atoms with van der Waals surface area (Å²) in [5.74, 6) is 0.628. The number of hydrogen-bond donors (Lipinski definition) is 0. The van der Waals surface area contributed by atoms with Crippen molar-refractivity contribution in [3.05, 3.63) is 149 Å². The van der Waals surface area contributed by atoms with Crippen LogP contribution in [-0.2, 0) is 35.1 Å². The van der Waals surface area contributed by atoms with Crippen molar-refractivity contribution in [2.24, 2.45) is 5.92 Å². The van der Waals surface area contributed by atoms with Gasteiger partial charge in [0.2, 0.25) is 0 Å². The zero-order chi connectivity index (χ0) is 35.6. The van der Waals surface area contributed by atoms with Gasteiger partial charge in [-0.05, 0) is 10.8 Å². The normalized spacial score (nSPS) is 14.5. The first-order valence-electron chi connectivity index (χ1n) is 18.5. The van der Waals surface area contributed by atoms with Gasteiger partial charge in [-0.2, -0.15) is 11.6 Å². The molecular weight excluding hydrogens is 668 g/mol. The molecule has 1 unspecified atom stereocenters. The molecule has 0 bridgehead atoms. The van der Waals surface area contributed by atoms with Crippen LogP contribution in [0.15, 0.2) is 120 Å². The molecule has 6 rings (SSSR count). The number of rotatable bonds is 8. The molecule has 0 aromatic heterocycles. The average molecular weight is 726 g/mol. The first kappa shape index (κ1) is 38.8. The fourth-order valence-electron chi connectivity index (χ4n) is 6.49. The monoisotopic (exact) mass is 724 g/mol. The van der Waals surface area contributed by atoms with Crippen LogP contribution in [0.25, 0.3) is 21.5 Å². The van der Waals surface area contributed by atoms with Gasteiger partial charge in [0, 0.05) is 0 Å². The molecule has 0 spiro atoms. The Morgan fingerprint density at radius 1 is 0.633 bits per heavy atom. The first-order valence-corrected chi connectivity index (χ1v) is 19.8. The predicted octanol–water partition coefficient (Wildman–Crippen LogP) is 13.8. The summed E-state index contributed by atoms with van der Waals surface area (Å²) in [4.78, 5) is 0. The van der Waals surface area contributed by atoms with Gasteiger partial charge >= 0.3 is 99.2 Å². The van der Waals surface area contributed by atoms with E-state index in [1.165, 1.54) is 115 Å². The number of allylic oxidation sites excluding steroid dienone is 4. The third-order valence-electron chi connectivity index (χ3n) is 9.33. The van der Waals surface area contributed by atoms with Gasteiger partial charge < -0.3 is 0 Å². The molecule has 1 aliphatic rings. The maximum absolute atomic E-state index is 3.65. The van der Waals surface area contributed by atoms with Gasteiger partial charge in [-0.15, -0.1) is 39.7 Å². The molecule has 1 heteroatoms. The second kappa shape index (κ2) is 17.8. The van der Waals surface area contributed by atoms with Crippen LogP contribution in [0.1, 0.15) is 123 Å². The molecule has 0 fully saturated rings. The van der Waals surface area contributed by atoms with Crippen LogP contribution in [0, 0.1) is 12.0 Å². The molecule has 5 aromatic rings. The number of hydrogen-bond acceptors (Lipinski definition) is 0. The van der Waals surface area contributed by atoms with Crippen molar-refractivity contribution in [1.82, 2.24) is 0 Å². The van der Waals surface area contributed by atoms with Crippen molar-refractivity contribution < 1.29 is 24.2 Å². The Hall–Kier alpha value is -3.02. The topological polar surface area (TPSA) is 0 Å². The van der Waals surface area contributed by atoms with Gasteiger partial charge in [-0.25, -0.2) is 5.57 Å². The summed E-state index contributed by atoms with van der Waals surface area (Å²) in [5, 5.41) is 5.48. The third-order valence-corrected chi connectivity index (χ3v) is 10.7. The Balaban J connectivity index is 0.000000172. The van der Waals surface area contributed by atoms with E-state index in [-0.39, 0.29) is 10.8 Å². The van der Waals surface area contributed by atoms with Gasteiger partial charge in [0.25, 0.3) is 0 Å². The molecule has 0 amide bonds. The summed E-state index contributed by atoms with van der Waals surface area (Å²) in [7, 11) is 0. The van der Waals surface area contributed by atoms with Crippen molar-refractivity contribution in [1.29, 1.82) is 0 Å². The summed E-state index contributed by atoms with van der Waals surface area (Å²) in [6.07, 6.45) is 13.7. The molecule has 0 heterocycles. The Bertz CT molecular complexity index is 1720. The zero-order valence-corrected chi connectivity index (χ0v) is 34.2. The molecular formula is C48H58Zr. The van der Waals surface area contributed by atoms with E-state index in [4.69, 9.17) is 0 Å². The summed E-state index contributed by atoms with van der Waals surface area (Å²) in [5.41, 5.74) is 8.99.